The number of anilines is 1. The highest BCUT2D eigenvalue weighted by atomic mass is 79.9. The van der Waals surface area contributed by atoms with Gasteiger partial charge in [0, 0.05) is 6.92 Å². The Morgan fingerprint density at radius 3 is 2.47 bits per heavy atom. The zero-order chi connectivity index (χ0) is 13.2. The molecule has 0 spiro atoms. The van der Waals surface area contributed by atoms with Crippen LogP contribution in [0.2, 0.25) is 0 Å². The normalized spacial score (nSPS) is 10.4. The first-order valence-electron chi connectivity index (χ1n) is 4.22. The fourth-order valence-corrected chi connectivity index (χ4v) is 1.77. The Kier molecular flexibility index (Phi) is 5.02. The molecule has 1 amide bonds. The minimum atomic E-state index is -0.661. The lowest BCUT2D eigenvalue weighted by Crippen LogP contribution is -2.22. The molecule has 0 aliphatic rings. The van der Waals surface area contributed by atoms with Gasteiger partial charge < -0.3 is 0 Å². The molecule has 0 aromatic carbocycles. The molecule has 6 nitrogen and oxygen atoms in total. The van der Waals surface area contributed by atoms with Crippen LogP contribution < -0.4 is 10.9 Å². The van der Waals surface area contributed by atoms with Crippen LogP contribution in [0.25, 0.3) is 0 Å². The maximum Gasteiger partial charge on any atom is 0.267 e. The highest BCUT2D eigenvalue weighted by Crippen LogP contribution is 2.19. The fourth-order valence-electron chi connectivity index (χ4n) is 0.951. The van der Waals surface area contributed by atoms with E-state index in [0.717, 1.165) is 0 Å². The number of amides is 1. The molecule has 0 bridgehead atoms. The van der Waals surface area contributed by atoms with Crippen molar-refractivity contribution < 1.29 is 9.59 Å². The Balaban J connectivity index is 3.30. The summed E-state index contributed by atoms with van der Waals surface area (Å²) >= 11 is 9.00. The van der Waals surface area contributed by atoms with Crippen LogP contribution >= 0.6 is 47.8 Å². The number of rotatable bonds is 3. The third kappa shape index (κ3) is 3.71. The first-order valence-corrected chi connectivity index (χ1v) is 6.85. The van der Waals surface area contributed by atoms with Gasteiger partial charge in [-0.05, 0) is 15.9 Å². The Morgan fingerprint density at radius 2 is 2.00 bits per heavy atom. The Labute approximate surface area is 121 Å². The van der Waals surface area contributed by atoms with Crippen molar-refractivity contribution in [1.82, 2.24) is 9.97 Å². The number of hydrogen-bond donors (Lipinski definition) is 2. The predicted molar refractivity (Wildman–Crippen MR) is 72.8 cm³/mol. The monoisotopic (exact) mass is 429 g/mol. The molecular formula is C8H6Br3N3O3. The summed E-state index contributed by atoms with van der Waals surface area (Å²) < 4.78 is -0.647. The molecule has 0 saturated carbocycles. The van der Waals surface area contributed by atoms with Crippen molar-refractivity contribution in [3.05, 3.63) is 20.5 Å². The number of hydrogen-bond acceptors (Lipinski definition) is 4. The highest BCUT2D eigenvalue weighted by Gasteiger charge is 2.21. The van der Waals surface area contributed by atoms with Crippen molar-refractivity contribution in [3.8, 4) is 0 Å². The van der Waals surface area contributed by atoms with Gasteiger partial charge in [-0.25, -0.2) is 4.98 Å². The molecule has 0 aliphatic heterocycles. The third-order valence-electron chi connectivity index (χ3n) is 1.59. The van der Waals surface area contributed by atoms with E-state index in [1.807, 2.05) is 0 Å². The standard InChI is InChI=1S/C8H6Br3N3O3/c1-2(15)12-8-13-4(5(16)6(10)11)3(9)7(17)14-8/h6H,1H3,(H2,12,13,14,15,17). The molecule has 1 rings (SSSR count). The van der Waals surface area contributed by atoms with Crippen LogP contribution in [-0.4, -0.2) is 25.4 Å². The van der Waals surface area contributed by atoms with Crippen molar-refractivity contribution in [1.29, 1.82) is 0 Å². The number of ketones is 1. The number of aromatic amines is 1. The van der Waals surface area contributed by atoms with Crippen LogP contribution in [0.15, 0.2) is 9.27 Å². The lowest BCUT2D eigenvalue weighted by Gasteiger charge is -2.06. The van der Waals surface area contributed by atoms with Gasteiger partial charge in [-0.15, -0.1) is 0 Å². The van der Waals surface area contributed by atoms with Gasteiger partial charge in [0.15, 0.2) is 0 Å². The molecular weight excluding hydrogens is 426 g/mol. The molecule has 0 unspecified atom stereocenters. The Morgan fingerprint density at radius 1 is 1.41 bits per heavy atom. The van der Waals surface area contributed by atoms with Crippen LogP contribution in [0.3, 0.4) is 0 Å². The molecule has 0 atom stereocenters. The summed E-state index contributed by atoms with van der Waals surface area (Å²) in [5.74, 6) is -0.910. The molecule has 0 aliphatic carbocycles. The third-order valence-corrected chi connectivity index (χ3v) is 3.16. The van der Waals surface area contributed by atoms with Crippen LogP contribution in [-0.2, 0) is 4.79 Å². The highest BCUT2D eigenvalue weighted by molar-refractivity contribution is 9.25. The molecule has 0 fully saturated rings. The molecule has 9 heteroatoms. The van der Waals surface area contributed by atoms with Crippen molar-refractivity contribution in [2.75, 3.05) is 5.32 Å². The van der Waals surface area contributed by atoms with Crippen LogP contribution in [0.1, 0.15) is 17.4 Å². The summed E-state index contributed by atoms with van der Waals surface area (Å²) in [5, 5.41) is 2.30. The van der Waals surface area contributed by atoms with Crippen LogP contribution in [0, 0.1) is 0 Å². The van der Waals surface area contributed by atoms with Crippen molar-refractivity contribution in [2.45, 2.75) is 10.7 Å². The SMILES string of the molecule is CC(=O)Nc1nc(C(=O)C(Br)Br)c(Br)c(=O)[nH]1. The lowest BCUT2D eigenvalue weighted by atomic mass is 10.3. The molecule has 1 heterocycles. The van der Waals surface area contributed by atoms with Crippen LogP contribution in [0.4, 0.5) is 5.95 Å². The molecule has 0 radical (unpaired) electrons. The van der Waals surface area contributed by atoms with E-state index in [-0.39, 0.29) is 16.1 Å². The quantitative estimate of drug-likeness (QED) is 0.563. The second kappa shape index (κ2) is 5.87. The number of carbonyl (C=O) groups is 2. The molecule has 0 saturated heterocycles. The van der Waals surface area contributed by atoms with Crippen molar-refractivity contribution in [3.63, 3.8) is 0 Å². The van der Waals surface area contributed by atoms with Gasteiger partial charge >= 0.3 is 0 Å². The average Bonchev–Trinajstić information content (AvgIpc) is 2.21. The van der Waals surface area contributed by atoms with Crippen molar-refractivity contribution >= 4 is 65.4 Å². The number of nitrogens with zero attached hydrogens (tertiary/aromatic N) is 1. The van der Waals surface area contributed by atoms with E-state index in [1.165, 1.54) is 6.92 Å². The predicted octanol–water partition coefficient (Wildman–Crippen LogP) is 1.79. The molecule has 2 N–H and O–H groups in total. The maximum atomic E-state index is 11.7. The smallest absolute Gasteiger partial charge is 0.267 e. The van der Waals surface area contributed by atoms with Gasteiger partial charge in [0.25, 0.3) is 5.56 Å². The zero-order valence-corrected chi connectivity index (χ0v) is 13.1. The first-order chi connectivity index (χ1) is 7.82. The number of alkyl halides is 2. The Hall–Kier alpha value is -0.540. The number of aromatic nitrogens is 2. The number of halogens is 3. The zero-order valence-electron chi connectivity index (χ0n) is 8.38. The van der Waals surface area contributed by atoms with Gasteiger partial charge in [0.1, 0.15) is 13.9 Å². The lowest BCUT2D eigenvalue weighted by molar-refractivity contribution is -0.114. The van der Waals surface area contributed by atoms with Crippen LogP contribution in [0.5, 0.6) is 0 Å². The van der Waals surface area contributed by atoms with E-state index >= 15 is 0 Å². The summed E-state index contributed by atoms with van der Waals surface area (Å²) in [6, 6.07) is 0. The second-order valence-corrected chi connectivity index (χ2v) is 6.78. The largest absolute Gasteiger partial charge is 0.296 e. The molecule has 1 aromatic heterocycles. The first kappa shape index (κ1) is 14.5. The minimum absolute atomic E-state index is 0.0144. The van der Waals surface area contributed by atoms with Gasteiger partial charge in [-0.3, -0.25) is 24.7 Å². The topological polar surface area (TPSA) is 91.9 Å². The van der Waals surface area contributed by atoms with E-state index in [4.69, 9.17) is 0 Å². The second-order valence-electron chi connectivity index (χ2n) is 2.92. The van der Waals surface area contributed by atoms with Gasteiger partial charge in [0.2, 0.25) is 17.6 Å². The van der Waals surface area contributed by atoms with Crippen molar-refractivity contribution in [2.24, 2.45) is 0 Å². The minimum Gasteiger partial charge on any atom is -0.296 e. The summed E-state index contributed by atoms with van der Waals surface area (Å²) in [5.41, 5.74) is -0.621. The maximum absolute atomic E-state index is 11.7. The summed E-state index contributed by atoms with van der Waals surface area (Å²) in [6.45, 7) is 1.27. The number of carbonyl (C=O) groups excluding carboxylic acids is 2. The molecule has 1 aromatic rings. The summed E-state index contributed by atoms with van der Waals surface area (Å²) in [7, 11) is 0. The van der Waals surface area contributed by atoms with Gasteiger partial charge in [-0.2, -0.15) is 0 Å². The number of Topliss-reactive ketones (excluding diaryl/α,β-unsaturated/α-hetero) is 1. The van der Waals surface area contributed by atoms with E-state index in [2.05, 4.69) is 63.1 Å². The van der Waals surface area contributed by atoms with Gasteiger partial charge in [-0.1, -0.05) is 31.9 Å². The number of nitrogens with one attached hydrogen (secondary N) is 2. The average molecular weight is 432 g/mol. The number of H-pyrrole nitrogens is 1. The van der Waals surface area contributed by atoms with Gasteiger partial charge in [0.05, 0.1) is 0 Å². The summed E-state index contributed by atoms with van der Waals surface area (Å²) in [6.07, 6.45) is 0. The molecule has 92 valence electrons. The molecule has 17 heavy (non-hydrogen) atoms. The van der Waals surface area contributed by atoms with E-state index in [0.29, 0.717) is 0 Å². The van der Waals surface area contributed by atoms with E-state index in [1.54, 1.807) is 0 Å². The fraction of sp³-hybridized carbons (Fsp3) is 0.250. The van der Waals surface area contributed by atoms with E-state index < -0.39 is 21.0 Å². The van der Waals surface area contributed by atoms with E-state index in [9.17, 15) is 14.4 Å². The summed E-state index contributed by atoms with van der Waals surface area (Å²) in [4.78, 5) is 40.2. The Bertz CT molecular complexity index is 526.